The van der Waals surface area contributed by atoms with Gasteiger partial charge in [-0.2, -0.15) is 10.2 Å². The van der Waals surface area contributed by atoms with E-state index in [1.807, 2.05) is 29.7 Å². The minimum atomic E-state index is 0.252. The number of nitrogens with zero attached hydrogens (tertiary/aromatic N) is 2. The number of nitriles is 1. The Morgan fingerprint density at radius 1 is 1.58 bits per heavy atom. The zero-order valence-electron chi connectivity index (χ0n) is 10.4. The van der Waals surface area contributed by atoms with Crippen LogP contribution in [0.4, 0.5) is 5.88 Å². The fraction of sp³-hybridized carbons (Fsp3) is 0.231. The molecule has 2 aromatic rings. The quantitative estimate of drug-likeness (QED) is 0.821. The van der Waals surface area contributed by atoms with Gasteiger partial charge in [0, 0.05) is 24.6 Å². The molecule has 2 aromatic heterocycles. The third-order valence-electron chi connectivity index (χ3n) is 2.27. The van der Waals surface area contributed by atoms with Crippen molar-refractivity contribution in [1.82, 2.24) is 4.98 Å². The van der Waals surface area contributed by atoms with Crippen molar-refractivity contribution in [3.05, 3.63) is 34.0 Å². The topological polar surface area (TPSA) is 71.1 Å². The summed E-state index contributed by atoms with van der Waals surface area (Å²) >= 11 is 1.62. The van der Waals surface area contributed by atoms with Gasteiger partial charge < -0.3 is 14.5 Å². The predicted molar refractivity (Wildman–Crippen MR) is 74.8 cm³/mol. The maximum Gasteiger partial charge on any atom is 0.232 e. The fourth-order valence-corrected chi connectivity index (χ4v) is 2.03. The molecule has 0 aromatic carbocycles. The predicted octanol–water partition coefficient (Wildman–Crippen LogP) is 2.84. The molecular weight excluding hydrogens is 262 g/mol. The molecule has 0 saturated heterocycles. The van der Waals surface area contributed by atoms with Crippen molar-refractivity contribution in [2.75, 3.05) is 25.6 Å². The molecule has 98 valence electrons. The molecule has 0 aliphatic carbocycles. The molecule has 1 N–H and O–H groups in total. The first kappa shape index (κ1) is 13.3. The number of rotatable bonds is 6. The molecule has 2 rings (SSSR count). The average Bonchev–Trinajstić information content (AvgIpc) is 3.05. The van der Waals surface area contributed by atoms with E-state index in [-0.39, 0.29) is 5.69 Å². The summed E-state index contributed by atoms with van der Waals surface area (Å²) in [6.07, 6.45) is 3.64. The van der Waals surface area contributed by atoms with Crippen molar-refractivity contribution in [2.24, 2.45) is 0 Å². The van der Waals surface area contributed by atoms with E-state index in [1.165, 1.54) is 0 Å². The second kappa shape index (κ2) is 6.73. The van der Waals surface area contributed by atoms with E-state index in [4.69, 9.17) is 14.4 Å². The number of hydrogen-bond donors (Lipinski definition) is 1. The van der Waals surface area contributed by atoms with E-state index in [9.17, 15) is 0 Å². The molecular formula is C13H13N3O2S. The number of aromatic nitrogens is 1. The van der Waals surface area contributed by atoms with Gasteiger partial charge in [-0.25, -0.2) is 0 Å². The van der Waals surface area contributed by atoms with E-state index in [0.717, 1.165) is 4.88 Å². The fourth-order valence-electron chi connectivity index (χ4n) is 1.41. The lowest BCUT2D eigenvalue weighted by atomic mass is 10.4. The molecule has 0 unspecified atom stereocenters. The smallest absolute Gasteiger partial charge is 0.232 e. The van der Waals surface area contributed by atoms with Gasteiger partial charge in [-0.15, -0.1) is 11.3 Å². The number of ether oxygens (including phenoxy) is 1. The van der Waals surface area contributed by atoms with Crippen LogP contribution in [0.15, 0.2) is 21.9 Å². The van der Waals surface area contributed by atoms with Crippen LogP contribution in [0, 0.1) is 11.3 Å². The van der Waals surface area contributed by atoms with Gasteiger partial charge in [0.15, 0.2) is 0 Å². The monoisotopic (exact) mass is 275 g/mol. The largest absolute Gasteiger partial charge is 0.420 e. The van der Waals surface area contributed by atoms with E-state index >= 15 is 0 Å². The highest BCUT2D eigenvalue weighted by Gasteiger charge is 2.10. The summed E-state index contributed by atoms with van der Waals surface area (Å²) in [6, 6.07) is 5.96. The normalized spacial score (nSPS) is 10.7. The second-order valence-electron chi connectivity index (χ2n) is 3.61. The van der Waals surface area contributed by atoms with Crippen LogP contribution in [0.1, 0.15) is 16.5 Å². The van der Waals surface area contributed by atoms with Crippen molar-refractivity contribution in [2.45, 2.75) is 0 Å². The first-order chi connectivity index (χ1) is 9.33. The summed E-state index contributed by atoms with van der Waals surface area (Å²) in [5.41, 5.74) is 0.252. The molecule has 2 heterocycles. The SMILES string of the molecule is COCCNc1oc(C=Cc2cccs2)nc1C#N. The molecule has 6 heteroatoms. The van der Waals surface area contributed by atoms with Gasteiger partial charge in [0.1, 0.15) is 6.07 Å². The molecule has 0 fully saturated rings. The summed E-state index contributed by atoms with van der Waals surface area (Å²) in [6.45, 7) is 1.10. The van der Waals surface area contributed by atoms with E-state index in [2.05, 4.69) is 10.3 Å². The summed E-state index contributed by atoms with van der Waals surface area (Å²) < 4.78 is 10.4. The van der Waals surface area contributed by atoms with Crippen LogP contribution in [0.25, 0.3) is 12.2 Å². The third kappa shape index (κ3) is 3.68. The van der Waals surface area contributed by atoms with Crippen LogP contribution in [0.5, 0.6) is 0 Å². The standard InChI is InChI=1S/C13H13N3O2S/c1-17-7-6-15-13-11(9-14)16-12(18-13)5-4-10-3-2-8-19-10/h2-5,8,15H,6-7H2,1H3. The number of hydrogen-bond acceptors (Lipinski definition) is 6. The van der Waals surface area contributed by atoms with Gasteiger partial charge in [0.2, 0.25) is 17.5 Å². The highest BCUT2D eigenvalue weighted by molar-refractivity contribution is 7.10. The van der Waals surface area contributed by atoms with Crippen LogP contribution >= 0.6 is 11.3 Å². The Bertz CT molecular complexity index is 582. The van der Waals surface area contributed by atoms with E-state index in [1.54, 1.807) is 24.5 Å². The van der Waals surface area contributed by atoms with Crippen LogP contribution in [-0.4, -0.2) is 25.2 Å². The van der Waals surface area contributed by atoms with Crippen LogP contribution in [-0.2, 0) is 4.74 Å². The zero-order chi connectivity index (χ0) is 13.5. The molecule has 0 amide bonds. The van der Waals surface area contributed by atoms with Gasteiger partial charge in [-0.3, -0.25) is 0 Å². The summed E-state index contributed by atoms with van der Waals surface area (Å²) in [5, 5.41) is 13.9. The molecule has 0 aliphatic heterocycles. The van der Waals surface area contributed by atoms with Gasteiger partial charge >= 0.3 is 0 Å². The van der Waals surface area contributed by atoms with Crippen molar-refractivity contribution in [3.8, 4) is 6.07 Å². The van der Waals surface area contributed by atoms with Crippen molar-refractivity contribution < 1.29 is 9.15 Å². The Hall–Kier alpha value is -2.10. The molecule has 5 nitrogen and oxygen atoms in total. The lowest BCUT2D eigenvalue weighted by molar-refractivity contribution is 0.210. The van der Waals surface area contributed by atoms with Gasteiger partial charge in [-0.05, 0) is 17.5 Å². The summed E-state index contributed by atoms with van der Waals surface area (Å²) in [7, 11) is 1.61. The lowest BCUT2D eigenvalue weighted by Crippen LogP contribution is -2.07. The number of methoxy groups -OCH3 is 1. The Balaban J connectivity index is 2.08. The van der Waals surface area contributed by atoms with Crippen molar-refractivity contribution >= 4 is 29.4 Å². The Labute approximate surface area is 115 Å². The molecule has 0 radical (unpaired) electrons. The molecule has 0 aliphatic rings. The van der Waals surface area contributed by atoms with Crippen LogP contribution < -0.4 is 5.32 Å². The summed E-state index contributed by atoms with van der Waals surface area (Å²) in [4.78, 5) is 5.20. The first-order valence-electron chi connectivity index (χ1n) is 5.69. The number of anilines is 1. The minimum Gasteiger partial charge on any atom is -0.420 e. The van der Waals surface area contributed by atoms with Crippen LogP contribution in [0.3, 0.4) is 0 Å². The third-order valence-corrected chi connectivity index (χ3v) is 3.11. The number of oxazole rings is 1. The van der Waals surface area contributed by atoms with Crippen molar-refractivity contribution in [3.63, 3.8) is 0 Å². The lowest BCUT2D eigenvalue weighted by Gasteiger charge is -2.00. The molecule has 0 atom stereocenters. The Morgan fingerprint density at radius 2 is 2.47 bits per heavy atom. The molecule has 0 saturated carbocycles. The molecule has 0 bridgehead atoms. The highest BCUT2D eigenvalue weighted by Crippen LogP contribution is 2.19. The second-order valence-corrected chi connectivity index (χ2v) is 4.59. The van der Waals surface area contributed by atoms with Crippen molar-refractivity contribution in [1.29, 1.82) is 5.26 Å². The van der Waals surface area contributed by atoms with E-state index < -0.39 is 0 Å². The average molecular weight is 275 g/mol. The Kier molecular flexibility index (Phi) is 4.72. The molecule has 0 spiro atoms. The Morgan fingerprint density at radius 3 is 3.16 bits per heavy atom. The van der Waals surface area contributed by atoms with Crippen LogP contribution in [0.2, 0.25) is 0 Å². The zero-order valence-corrected chi connectivity index (χ0v) is 11.2. The van der Waals surface area contributed by atoms with Gasteiger partial charge in [-0.1, -0.05) is 6.07 Å². The maximum absolute atomic E-state index is 8.97. The maximum atomic E-state index is 8.97. The number of nitrogens with one attached hydrogen (secondary N) is 1. The van der Waals surface area contributed by atoms with Gasteiger partial charge in [0.25, 0.3) is 0 Å². The highest BCUT2D eigenvalue weighted by atomic mass is 32.1. The molecule has 19 heavy (non-hydrogen) atoms. The summed E-state index contributed by atoms with van der Waals surface area (Å²) in [5.74, 6) is 0.787. The van der Waals surface area contributed by atoms with E-state index in [0.29, 0.717) is 24.9 Å². The minimum absolute atomic E-state index is 0.252. The van der Waals surface area contributed by atoms with Gasteiger partial charge in [0.05, 0.1) is 6.61 Å². The number of thiophene rings is 1. The first-order valence-corrected chi connectivity index (χ1v) is 6.57.